The van der Waals surface area contributed by atoms with Crippen molar-refractivity contribution >= 4 is 5.82 Å². The van der Waals surface area contributed by atoms with E-state index in [4.69, 9.17) is 15.7 Å². The number of methoxy groups -OCH3 is 1. The third-order valence-corrected chi connectivity index (χ3v) is 3.28. The lowest BCUT2D eigenvalue weighted by Crippen LogP contribution is -2.02. The molecule has 2 rings (SSSR count). The zero-order valence-corrected chi connectivity index (χ0v) is 12.1. The summed E-state index contributed by atoms with van der Waals surface area (Å²) in [6.07, 6.45) is 0. The Labute approximate surface area is 118 Å². The fourth-order valence-corrected chi connectivity index (χ4v) is 2.20. The number of rotatable bonds is 3. The average Bonchev–Trinajstić information content (AvgIpc) is 2.74. The molecule has 0 radical (unpaired) electrons. The van der Waals surface area contributed by atoms with Crippen LogP contribution in [0.2, 0.25) is 0 Å². The van der Waals surface area contributed by atoms with Crippen molar-refractivity contribution < 1.29 is 4.74 Å². The first-order valence-corrected chi connectivity index (χ1v) is 6.40. The molecule has 2 aromatic rings. The summed E-state index contributed by atoms with van der Waals surface area (Å²) in [4.78, 5) is 4.60. The lowest BCUT2D eigenvalue weighted by atomic mass is 10.1. The molecule has 0 aliphatic heterocycles. The van der Waals surface area contributed by atoms with Gasteiger partial charge in [0, 0.05) is 18.5 Å². The van der Waals surface area contributed by atoms with Gasteiger partial charge in [0.15, 0.2) is 0 Å². The van der Waals surface area contributed by atoms with E-state index in [1.54, 1.807) is 19.2 Å². The van der Waals surface area contributed by atoms with E-state index < -0.39 is 0 Å². The van der Waals surface area contributed by atoms with Gasteiger partial charge in [0.1, 0.15) is 29.2 Å². The molecule has 0 aliphatic carbocycles. The number of nitrogens with two attached hydrogens (primary N) is 1. The Bertz CT molecular complexity index is 680. The molecule has 0 aliphatic rings. The largest absolute Gasteiger partial charge is 0.495 e. The Morgan fingerprint density at radius 1 is 1.40 bits per heavy atom. The van der Waals surface area contributed by atoms with Crippen molar-refractivity contribution in [2.45, 2.75) is 19.8 Å². The van der Waals surface area contributed by atoms with Crippen LogP contribution in [0, 0.1) is 11.3 Å². The Hall–Kier alpha value is -2.48. The number of anilines is 1. The van der Waals surface area contributed by atoms with Gasteiger partial charge in [0.2, 0.25) is 0 Å². The Morgan fingerprint density at radius 2 is 2.10 bits per heavy atom. The van der Waals surface area contributed by atoms with Crippen molar-refractivity contribution in [3.05, 3.63) is 29.6 Å². The number of aromatic nitrogens is 2. The molecule has 0 fully saturated rings. The van der Waals surface area contributed by atoms with Crippen molar-refractivity contribution in [3.63, 3.8) is 0 Å². The third-order valence-electron chi connectivity index (χ3n) is 3.28. The number of imidazole rings is 1. The molecular weight excluding hydrogens is 252 g/mol. The second-order valence-corrected chi connectivity index (χ2v) is 4.94. The molecule has 0 amide bonds. The lowest BCUT2D eigenvalue weighted by molar-refractivity contribution is 0.413. The molecule has 0 spiro atoms. The van der Waals surface area contributed by atoms with Crippen LogP contribution in [0.1, 0.15) is 31.2 Å². The highest BCUT2D eigenvalue weighted by Gasteiger charge is 2.17. The Balaban J connectivity index is 2.58. The van der Waals surface area contributed by atoms with Crippen LogP contribution in [0.25, 0.3) is 11.3 Å². The van der Waals surface area contributed by atoms with Crippen LogP contribution in [0.3, 0.4) is 0 Å². The average molecular weight is 270 g/mol. The summed E-state index contributed by atoms with van der Waals surface area (Å²) >= 11 is 0. The van der Waals surface area contributed by atoms with Crippen LogP contribution in [0.4, 0.5) is 5.82 Å². The van der Waals surface area contributed by atoms with E-state index in [0.29, 0.717) is 22.8 Å². The number of ether oxygens (including phenoxy) is 1. The highest BCUT2D eigenvalue weighted by atomic mass is 16.5. The van der Waals surface area contributed by atoms with Crippen LogP contribution in [0.15, 0.2) is 18.2 Å². The van der Waals surface area contributed by atoms with Crippen molar-refractivity contribution in [3.8, 4) is 23.1 Å². The number of nitrogen functional groups attached to an aromatic ring is 1. The molecule has 0 unspecified atom stereocenters. The summed E-state index contributed by atoms with van der Waals surface area (Å²) in [7, 11) is 3.44. The molecule has 1 aromatic carbocycles. The number of hydrogen-bond donors (Lipinski definition) is 1. The summed E-state index contributed by atoms with van der Waals surface area (Å²) < 4.78 is 7.03. The Kier molecular flexibility index (Phi) is 3.66. The first-order valence-electron chi connectivity index (χ1n) is 6.40. The molecule has 5 heteroatoms. The van der Waals surface area contributed by atoms with E-state index in [-0.39, 0.29) is 5.92 Å². The smallest absolute Gasteiger partial charge is 0.136 e. The zero-order chi connectivity index (χ0) is 14.9. The van der Waals surface area contributed by atoms with Crippen LogP contribution < -0.4 is 10.5 Å². The lowest BCUT2D eigenvalue weighted by Gasteiger charge is -2.05. The first-order chi connectivity index (χ1) is 9.49. The molecule has 0 atom stereocenters. The van der Waals surface area contributed by atoms with Gasteiger partial charge >= 0.3 is 0 Å². The molecule has 1 aromatic heterocycles. The van der Waals surface area contributed by atoms with Crippen LogP contribution in [-0.2, 0) is 7.05 Å². The minimum absolute atomic E-state index is 0.282. The number of nitriles is 1. The summed E-state index contributed by atoms with van der Waals surface area (Å²) in [5, 5.41) is 9.15. The summed E-state index contributed by atoms with van der Waals surface area (Å²) in [6.45, 7) is 4.14. The van der Waals surface area contributed by atoms with Crippen LogP contribution >= 0.6 is 0 Å². The maximum absolute atomic E-state index is 9.15. The number of hydrogen-bond acceptors (Lipinski definition) is 4. The number of benzene rings is 1. The predicted octanol–water partition coefficient (Wildman–Crippen LogP) is 2.67. The van der Waals surface area contributed by atoms with Gasteiger partial charge in [0.25, 0.3) is 0 Å². The van der Waals surface area contributed by atoms with Gasteiger partial charge in [-0.05, 0) is 18.2 Å². The molecule has 1 heterocycles. The summed E-state index contributed by atoms with van der Waals surface area (Å²) in [5.41, 5.74) is 8.12. The highest BCUT2D eigenvalue weighted by molar-refractivity contribution is 5.73. The maximum Gasteiger partial charge on any atom is 0.136 e. The SMILES string of the molecule is COc1ccc(-c2nc(C(C)C)n(C)c2N)cc1C#N. The standard InChI is InChI=1S/C15H18N4O/c1-9(2)15-18-13(14(17)19(15)3)10-5-6-12(20-4)11(7-10)8-16/h5-7,9H,17H2,1-4H3. The van der Waals surface area contributed by atoms with Crippen LogP contribution in [-0.4, -0.2) is 16.7 Å². The van der Waals surface area contributed by atoms with E-state index in [1.807, 2.05) is 17.7 Å². The Morgan fingerprint density at radius 3 is 2.60 bits per heavy atom. The maximum atomic E-state index is 9.15. The summed E-state index contributed by atoms with van der Waals surface area (Å²) in [5.74, 6) is 2.36. The van der Waals surface area contributed by atoms with Gasteiger partial charge in [-0.25, -0.2) is 4.98 Å². The van der Waals surface area contributed by atoms with Crippen molar-refractivity contribution in [1.29, 1.82) is 5.26 Å². The second-order valence-electron chi connectivity index (χ2n) is 4.94. The van der Waals surface area contributed by atoms with E-state index >= 15 is 0 Å². The molecule has 0 bridgehead atoms. The van der Waals surface area contributed by atoms with Gasteiger partial charge in [-0.15, -0.1) is 0 Å². The fourth-order valence-electron chi connectivity index (χ4n) is 2.20. The topological polar surface area (TPSA) is 76.9 Å². The van der Waals surface area contributed by atoms with Gasteiger partial charge in [0.05, 0.1) is 12.7 Å². The van der Waals surface area contributed by atoms with Gasteiger partial charge in [-0.2, -0.15) is 5.26 Å². The van der Waals surface area contributed by atoms with E-state index in [0.717, 1.165) is 11.4 Å². The third kappa shape index (κ3) is 2.21. The predicted molar refractivity (Wildman–Crippen MR) is 78.4 cm³/mol. The highest BCUT2D eigenvalue weighted by Crippen LogP contribution is 2.31. The molecular formula is C15H18N4O. The molecule has 5 nitrogen and oxygen atoms in total. The second kappa shape index (κ2) is 5.25. The summed E-state index contributed by atoms with van der Waals surface area (Å²) in [6, 6.07) is 7.50. The normalized spacial score (nSPS) is 10.6. The van der Waals surface area contributed by atoms with E-state index in [9.17, 15) is 0 Å². The van der Waals surface area contributed by atoms with Crippen molar-refractivity contribution in [2.75, 3.05) is 12.8 Å². The van der Waals surface area contributed by atoms with Crippen molar-refractivity contribution in [1.82, 2.24) is 9.55 Å². The molecule has 2 N–H and O–H groups in total. The number of nitrogens with zero attached hydrogens (tertiary/aromatic N) is 3. The van der Waals surface area contributed by atoms with E-state index in [1.165, 1.54) is 0 Å². The monoisotopic (exact) mass is 270 g/mol. The van der Waals surface area contributed by atoms with Gasteiger partial charge < -0.3 is 15.0 Å². The molecule has 0 saturated carbocycles. The minimum atomic E-state index is 0.282. The quantitative estimate of drug-likeness (QED) is 0.930. The van der Waals surface area contributed by atoms with Crippen molar-refractivity contribution in [2.24, 2.45) is 7.05 Å². The fraction of sp³-hybridized carbons (Fsp3) is 0.333. The molecule has 20 heavy (non-hydrogen) atoms. The van der Waals surface area contributed by atoms with Gasteiger partial charge in [-0.1, -0.05) is 13.8 Å². The first kappa shape index (κ1) is 13.9. The zero-order valence-electron chi connectivity index (χ0n) is 12.1. The van der Waals surface area contributed by atoms with Crippen LogP contribution in [0.5, 0.6) is 5.75 Å². The molecule has 0 saturated heterocycles. The minimum Gasteiger partial charge on any atom is -0.495 e. The molecule has 104 valence electrons. The van der Waals surface area contributed by atoms with Gasteiger partial charge in [-0.3, -0.25) is 0 Å². The van der Waals surface area contributed by atoms with E-state index in [2.05, 4.69) is 24.9 Å².